The Morgan fingerprint density at radius 1 is 0.952 bits per heavy atom. The van der Waals surface area contributed by atoms with Crippen LogP contribution in [-0.2, 0) is 5.41 Å². The summed E-state index contributed by atoms with van der Waals surface area (Å²) in [5.41, 5.74) is 1.97. The van der Waals surface area contributed by atoms with Crippen LogP contribution in [0.3, 0.4) is 0 Å². The van der Waals surface area contributed by atoms with Crippen LogP contribution < -0.4 is 0 Å². The Kier molecular flexibility index (Phi) is 2.32. The molecule has 4 atom stereocenters. The first-order chi connectivity index (χ1) is 10.3. The van der Waals surface area contributed by atoms with Crippen LogP contribution in [0.1, 0.15) is 44.1 Å². The van der Waals surface area contributed by atoms with E-state index >= 15 is 0 Å². The van der Waals surface area contributed by atoms with Crippen molar-refractivity contribution >= 4 is 10.8 Å². The molecule has 0 amide bonds. The van der Waals surface area contributed by atoms with Crippen molar-refractivity contribution in [3.05, 3.63) is 42.0 Å². The van der Waals surface area contributed by atoms with Crippen molar-refractivity contribution in [1.29, 1.82) is 0 Å². The van der Waals surface area contributed by atoms with Gasteiger partial charge in [-0.15, -0.1) is 0 Å². The van der Waals surface area contributed by atoms with Gasteiger partial charge in [-0.2, -0.15) is 0 Å². The van der Waals surface area contributed by atoms with E-state index < -0.39 is 0 Å². The molecule has 3 aliphatic carbocycles. The summed E-state index contributed by atoms with van der Waals surface area (Å²) in [5, 5.41) is 12.6. The van der Waals surface area contributed by atoms with Gasteiger partial charge in [-0.25, -0.2) is 0 Å². The zero-order valence-corrected chi connectivity index (χ0v) is 12.4. The maximum absolute atomic E-state index is 10.2. The van der Waals surface area contributed by atoms with Gasteiger partial charge in [-0.05, 0) is 66.9 Å². The first-order valence-corrected chi connectivity index (χ1v) is 8.52. The summed E-state index contributed by atoms with van der Waals surface area (Å²) < 4.78 is 0. The lowest BCUT2D eigenvalue weighted by Crippen LogP contribution is -2.36. The molecule has 0 radical (unpaired) electrons. The van der Waals surface area contributed by atoms with Crippen molar-refractivity contribution in [3.63, 3.8) is 0 Å². The lowest BCUT2D eigenvalue weighted by Gasteiger charge is -2.41. The number of aromatic hydroxyl groups is 1. The molecular formula is C20H22O. The molecule has 1 N–H and O–H groups in total. The minimum atomic E-state index is 0.427. The average molecular weight is 278 g/mol. The Balaban J connectivity index is 1.79. The van der Waals surface area contributed by atoms with Gasteiger partial charge >= 0.3 is 0 Å². The minimum Gasteiger partial charge on any atom is -0.507 e. The molecule has 0 spiro atoms. The molecule has 1 heteroatoms. The second kappa shape index (κ2) is 4.03. The zero-order chi connectivity index (χ0) is 14.0. The van der Waals surface area contributed by atoms with Gasteiger partial charge < -0.3 is 5.11 Å². The van der Waals surface area contributed by atoms with Crippen LogP contribution in [0.5, 0.6) is 5.75 Å². The molecular weight excluding hydrogens is 256 g/mol. The highest BCUT2D eigenvalue weighted by molar-refractivity contribution is 5.91. The van der Waals surface area contributed by atoms with Gasteiger partial charge in [0, 0.05) is 10.8 Å². The van der Waals surface area contributed by atoms with Gasteiger partial charge in [0.05, 0.1) is 0 Å². The lowest BCUT2D eigenvalue weighted by atomic mass is 9.63. The van der Waals surface area contributed by atoms with Crippen molar-refractivity contribution in [2.75, 3.05) is 0 Å². The highest BCUT2D eigenvalue weighted by Crippen LogP contribution is 2.67. The highest BCUT2D eigenvalue weighted by atomic mass is 16.3. The molecule has 0 heterocycles. The van der Waals surface area contributed by atoms with Crippen LogP contribution in [-0.4, -0.2) is 5.11 Å². The second-order valence-electron chi connectivity index (χ2n) is 7.49. The fourth-order valence-corrected chi connectivity index (χ4v) is 6.32. The molecule has 0 aliphatic heterocycles. The number of benzene rings is 2. The molecule has 108 valence electrons. The summed E-state index contributed by atoms with van der Waals surface area (Å²) in [6, 6.07) is 12.6. The molecule has 21 heavy (non-hydrogen) atoms. The van der Waals surface area contributed by atoms with E-state index in [1.54, 1.807) is 5.56 Å². The fraction of sp³-hybridized carbons (Fsp3) is 0.500. The third-order valence-electron chi connectivity index (χ3n) is 6.94. The molecule has 3 fully saturated rings. The maximum atomic E-state index is 10.2. The van der Waals surface area contributed by atoms with E-state index in [2.05, 4.69) is 24.3 Å². The van der Waals surface area contributed by atoms with Crippen LogP contribution >= 0.6 is 0 Å². The van der Waals surface area contributed by atoms with Crippen molar-refractivity contribution in [2.45, 2.75) is 43.9 Å². The number of hydrogen-bond acceptors (Lipinski definition) is 1. The lowest BCUT2D eigenvalue weighted by molar-refractivity contribution is 0.206. The summed E-state index contributed by atoms with van der Waals surface area (Å²) in [6.45, 7) is 0. The first kappa shape index (κ1) is 12.1. The summed E-state index contributed by atoms with van der Waals surface area (Å²) >= 11 is 0. The average Bonchev–Trinajstić information content (AvgIpc) is 3.20. The zero-order valence-electron chi connectivity index (χ0n) is 12.4. The Labute approximate surface area is 126 Å². The van der Waals surface area contributed by atoms with Crippen molar-refractivity contribution < 1.29 is 5.11 Å². The van der Waals surface area contributed by atoms with Crippen LogP contribution in [0.15, 0.2) is 36.4 Å². The third kappa shape index (κ3) is 1.38. The molecule has 1 nitrogen and oxygen atoms in total. The quantitative estimate of drug-likeness (QED) is 0.777. The van der Waals surface area contributed by atoms with Crippen LogP contribution in [0.2, 0.25) is 0 Å². The number of phenolic OH excluding ortho intramolecular Hbond substituents is 1. The Bertz CT molecular complexity index is 719. The van der Waals surface area contributed by atoms with Crippen LogP contribution in [0, 0.1) is 17.8 Å². The smallest absolute Gasteiger partial charge is 0.123 e. The third-order valence-corrected chi connectivity index (χ3v) is 6.94. The largest absolute Gasteiger partial charge is 0.507 e. The number of rotatable bonds is 1. The standard InChI is InChI=1S/C20H22O/c21-19-8-2-4-15-16(19)5-1-6-18(15)20-11-3-7-17(20)13-9-10-14(20)12-13/h1-2,4-6,8,13-14,17,21H,3,7,9-12H2. The van der Waals surface area contributed by atoms with Gasteiger partial charge in [0.1, 0.15) is 5.75 Å². The Morgan fingerprint density at radius 3 is 2.76 bits per heavy atom. The maximum Gasteiger partial charge on any atom is 0.123 e. The normalized spacial score (nSPS) is 37.2. The number of hydrogen-bond donors (Lipinski definition) is 1. The van der Waals surface area contributed by atoms with Gasteiger partial charge in [-0.1, -0.05) is 36.8 Å². The summed E-state index contributed by atoms with van der Waals surface area (Å²) in [6.07, 6.45) is 8.54. The highest BCUT2D eigenvalue weighted by Gasteiger charge is 2.60. The van der Waals surface area contributed by atoms with Crippen molar-refractivity contribution in [2.24, 2.45) is 17.8 Å². The van der Waals surface area contributed by atoms with Crippen molar-refractivity contribution in [1.82, 2.24) is 0 Å². The molecule has 3 saturated carbocycles. The van der Waals surface area contributed by atoms with Gasteiger partial charge in [0.25, 0.3) is 0 Å². The summed E-state index contributed by atoms with van der Waals surface area (Å²) in [7, 11) is 0. The molecule has 3 aliphatic rings. The second-order valence-corrected chi connectivity index (χ2v) is 7.49. The molecule has 4 unspecified atom stereocenters. The molecule has 0 aromatic heterocycles. The van der Waals surface area contributed by atoms with E-state index in [4.69, 9.17) is 0 Å². The van der Waals surface area contributed by atoms with E-state index in [1.165, 1.54) is 43.9 Å². The minimum absolute atomic E-state index is 0.427. The van der Waals surface area contributed by atoms with E-state index in [9.17, 15) is 5.11 Å². The van der Waals surface area contributed by atoms with Gasteiger partial charge in [0.2, 0.25) is 0 Å². The van der Waals surface area contributed by atoms with Gasteiger partial charge in [-0.3, -0.25) is 0 Å². The predicted octanol–water partition coefficient (Wildman–Crippen LogP) is 5.01. The summed E-state index contributed by atoms with van der Waals surface area (Å²) in [4.78, 5) is 0. The Hall–Kier alpha value is -1.50. The fourth-order valence-electron chi connectivity index (χ4n) is 6.32. The van der Waals surface area contributed by atoms with E-state index in [0.717, 1.165) is 23.1 Å². The van der Waals surface area contributed by atoms with E-state index in [1.807, 2.05) is 12.1 Å². The van der Waals surface area contributed by atoms with E-state index in [-0.39, 0.29) is 0 Å². The molecule has 2 aromatic rings. The van der Waals surface area contributed by atoms with Crippen molar-refractivity contribution in [3.8, 4) is 5.75 Å². The molecule has 0 saturated heterocycles. The summed E-state index contributed by atoms with van der Waals surface area (Å²) in [5.74, 6) is 3.21. The number of fused-ring (bicyclic) bond motifs is 6. The number of phenols is 1. The molecule has 5 rings (SSSR count). The first-order valence-electron chi connectivity index (χ1n) is 8.52. The predicted molar refractivity (Wildman–Crippen MR) is 85.5 cm³/mol. The topological polar surface area (TPSA) is 20.2 Å². The Morgan fingerprint density at radius 2 is 1.81 bits per heavy atom. The van der Waals surface area contributed by atoms with Gasteiger partial charge in [0.15, 0.2) is 0 Å². The monoisotopic (exact) mass is 278 g/mol. The van der Waals surface area contributed by atoms with E-state index in [0.29, 0.717) is 11.2 Å². The van der Waals surface area contributed by atoms with Crippen LogP contribution in [0.25, 0.3) is 10.8 Å². The SMILES string of the molecule is Oc1cccc2c(C34CCCC3C3CCC4C3)cccc12. The molecule has 2 bridgehead atoms. The molecule has 2 aromatic carbocycles. The van der Waals surface area contributed by atoms with Crippen LogP contribution in [0.4, 0.5) is 0 Å².